The molecule has 3 aromatic carbocycles. The molecule has 0 aromatic heterocycles. The van der Waals surface area contributed by atoms with Crippen LogP contribution >= 0.6 is 0 Å². The molecule has 39 heavy (non-hydrogen) atoms. The summed E-state index contributed by atoms with van der Waals surface area (Å²) in [4.78, 5) is 50.6. The molecule has 202 valence electrons. The van der Waals surface area contributed by atoms with Gasteiger partial charge in [-0.1, -0.05) is 54.6 Å². The minimum Gasteiger partial charge on any atom is -0.459 e. The van der Waals surface area contributed by atoms with Crippen molar-refractivity contribution in [2.75, 3.05) is 6.61 Å². The first-order valence-corrected chi connectivity index (χ1v) is 12.2. The maximum absolute atomic E-state index is 13.1. The Hall–Kier alpha value is -4.54. The summed E-state index contributed by atoms with van der Waals surface area (Å²) < 4.78 is 22.5. The van der Waals surface area contributed by atoms with E-state index in [-0.39, 0.29) is 16.7 Å². The number of aliphatic hydroxyl groups excluding tert-OH is 1. The summed E-state index contributed by atoms with van der Waals surface area (Å²) >= 11 is 0. The van der Waals surface area contributed by atoms with E-state index >= 15 is 0 Å². The molecule has 1 saturated heterocycles. The summed E-state index contributed by atoms with van der Waals surface area (Å²) in [6.07, 6.45) is -5.72. The Labute approximate surface area is 224 Å². The first kappa shape index (κ1) is 27.5. The van der Waals surface area contributed by atoms with Crippen LogP contribution in [0.25, 0.3) is 0 Å². The minimum atomic E-state index is -1.69. The van der Waals surface area contributed by atoms with E-state index in [0.717, 1.165) is 0 Å². The Morgan fingerprint density at radius 1 is 0.718 bits per heavy atom. The fourth-order valence-electron chi connectivity index (χ4n) is 4.07. The van der Waals surface area contributed by atoms with Gasteiger partial charge in [0.1, 0.15) is 18.8 Å². The number of aliphatic hydroxyl groups is 1. The number of nitrogens with one attached hydrogen (secondary N) is 1. The monoisotopic (exact) mass is 533 g/mol. The standard InChI is InChI=1S/C29H27NO9/c1-18(31)30-23-25(39-28(34)21-15-9-4-10-16-21)24(38-27(33)20-13-7-3-8-14-20)22(37-29(23)35)17-36-26(32)19-11-5-2-6-12-19/h2-16,22-25,29,35H,17H2,1H3,(H,30,31)/t22?,23?,24-,25?,29+/m0/s1. The van der Waals surface area contributed by atoms with Crippen molar-refractivity contribution < 1.29 is 43.2 Å². The zero-order chi connectivity index (χ0) is 27.8. The first-order valence-electron chi connectivity index (χ1n) is 12.2. The molecule has 0 bridgehead atoms. The van der Waals surface area contributed by atoms with Crippen LogP contribution in [0.3, 0.4) is 0 Å². The Balaban J connectivity index is 1.64. The molecule has 4 rings (SSSR count). The highest BCUT2D eigenvalue weighted by atomic mass is 16.7. The summed E-state index contributed by atoms with van der Waals surface area (Å²) in [7, 11) is 0. The van der Waals surface area contributed by atoms with Gasteiger partial charge in [0.25, 0.3) is 0 Å². The first-order chi connectivity index (χ1) is 18.8. The number of carbonyl (C=O) groups excluding carboxylic acids is 4. The fraction of sp³-hybridized carbons (Fsp3) is 0.241. The van der Waals surface area contributed by atoms with Crippen molar-refractivity contribution in [2.45, 2.75) is 37.6 Å². The van der Waals surface area contributed by atoms with Crippen molar-refractivity contribution in [1.29, 1.82) is 0 Å². The number of hydrogen-bond acceptors (Lipinski definition) is 9. The third-order valence-electron chi connectivity index (χ3n) is 5.93. The Bertz CT molecular complexity index is 1280. The lowest BCUT2D eigenvalue weighted by Gasteiger charge is -2.43. The lowest BCUT2D eigenvalue weighted by atomic mass is 9.96. The van der Waals surface area contributed by atoms with E-state index in [4.69, 9.17) is 18.9 Å². The molecular weight excluding hydrogens is 506 g/mol. The van der Waals surface area contributed by atoms with Crippen molar-refractivity contribution in [2.24, 2.45) is 0 Å². The number of rotatable bonds is 8. The molecule has 0 aliphatic carbocycles. The van der Waals surface area contributed by atoms with E-state index in [9.17, 15) is 24.3 Å². The molecule has 1 aliphatic rings. The summed E-state index contributed by atoms with van der Waals surface area (Å²) in [6, 6.07) is 23.0. The molecule has 1 amide bonds. The SMILES string of the molecule is CC(=O)NC1C(OC(=O)c2ccccc2)[C@@H](OC(=O)c2ccccc2)C(COC(=O)c2ccccc2)O[C@H]1O. The normalized spacial score (nSPS) is 22.3. The Morgan fingerprint density at radius 3 is 1.62 bits per heavy atom. The maximum Gasteiger partial charge on any atom is 0.338 e. The van der Waals surface area contributed by atoms with Gasteiger partial charge in [0, 0.05) is 6.92 Å². The quantitative estimate of drug-likeness (QED) is 0.330. The highest BCUT2D eigenvalue weighted by Gasteiger charge is 2.51. The van der Waals surface area contributed by atoms with Gasteiger partial charge < -0.3 is 29.4 Å². The molecule has 10 heteroatoms. The lowest BCUT2D eigenvalue weighted by Crippen LogP contribution is -2.66. The van der Waals surface area contributed by atoms with Crippen LogP contribution < -0.4 is 5.32 Å². The molecule has 1 fully saturated rings. The van der Waals surface area contributed by atoms with E-state index in [1.807, 2.05) is 0 Å². The third kappa shape index (κ3) is 7.07. The number of carbonyl (C=O) groups is 4. The van der Waals surface area contributed by atoms with E-state index in [2.05, 4.69) is 5.32 Å². The van der Waals surface area contributed by atoms with Crippen LogP contribution in [0.4, 0.5) is 0 Å². The molecule has 1 aliphatic heterocycles. The smallest absolute Gasteiger partial charge is 0.338 e. The molecule has 1 heterocycles. The summed E-state index contributed by atoms with van der Waals surface area (Å²) in [5, 5.41) is 13.3. The number of amides is 1. The molecule has 3 aromatic rings. The van der Waals surface area contributed by atoms with E-state index in [1.165, 1.54) is 31.2 Å². The van der Waals surface area contributed by atoms with Crippen molar-refractivity contribution in [3.05, 3.63) is 108 Å². The van der Waals surface area contributed by atoms with Gasteiger partial charge in [0.05, 0.1) is 16.7 Å². The molecule has 0 spiro atoms. The van der Waals surface area contributed by atoms with Gasteiger partial charge in [0.15, 0.2) is 18.5 Å². The molecule has 10 nitrogen and oxygen atoms in total. The van der Waals surface area contributed by atoms with Gasteiger partial charge in [-0.2, -0.15) is 0 Å². The Kier molecular flexibility index (Phi) is 9.03. The van der Waals surface area contributed by atoms with Crippen molar-refractivity contribution in [3.63, 3.8) is 0 Å². The van der Waals surface area contributed by atoms with Crippen LogP contribution in [0.5, 0.6) is 0 Å². The van der Waals surface area contributed by atoms with Crippen LogP contribution in [-0.2, 0) is 23.7 Å². The van der Waals surface area contributed by atoms with E-state index < -0.39 is 61.1 Å². The lowest BCUT2D eigenvalue weighted by molar-refractivity contribution is -0.253. The molecule has 0 radical (unpaired) electrons. The number of benzene rings is 3. The Morgan fingerprint density at radius 2 is 1.15 bits per heavy atom. The second kappa shape index (κ2) is 12.8. The topological polar surface area (TPSA) is 137 Å². The van der Waals surface area contributed by atoms with Crippen LogP contribution in [0.1, 0.15) is 38.0 Å². The number of ether oxygens (including phenoxy) is 4. The average molecular weight is 534 g/mol. The summed E-state index contributed by atoms with van der Waals surface area (Å²) in [6.45, 7) is 0.755. The molecular formula is C29H27NO9. The number of esters is 3. The van der Waals surface area contributed by atoms with E-state index in [0.29, 0.717) is 0 Å². The van der Waals surface area contributed by atoms with E-state index in [1.54, 1.807) is 66.7 Å². The zero-order valence-electron chi connectivity index (χ0n) is 21.0. The molecule has 0 saturated carbocycles. The highest BCUT2D eigenvalue weighted by molar-refractivity contribution is 5.91. The molecule has 3 unspecified atom stereocenters. The van der Waals surface area contributed by atoms with Gasteiger partial charge >= 0.3 is 17.9 Å². The van der Waals surface area contributed by atoms with Crippen LogP contribution in [0.2, 0.25) is 0 Å². The van der Waals surface area contributed by atoms with Crippen molar-refractivity contribution >= 4 is 23.8 Å². The van der Waals surface area contributed by atoms with Gasteiger partial charge in [-0.25, -0.2) is 14.4 Å². The molecule has 2 N–H and O–H groups in total. The predicted octanol–water partition coefficient (Wildman–Crippen LogP) is 2.52. The van der Waals surface area contributed by atoms with Gasteiger partial charge in [-0.05, 0) is 36.4 Å². The second-order valence-electron chi connectivity index (χ2n) is 8.73. The van der Waals surface area contributed by atoms with Gasteiger partial charge in [-0.15, -0.1) is 0 Å². The highest BCUT2D eigenvalue weighted by Crippen LogP contribution is 2.28. The molecule has 5 atom stereocenters. The van der Waals surface area contributed by atoms with Crippen LogP contribution in [-0.4, -0.2) is 66.2 Å². The number of hydrogen-bond donors (Lipinski definition) is 2. The minimum absolute atomic E-state index is 0.195. The van der Waals surface area contributed by atoms with Crippen molar-refractivity contribution in [3.8, 4) is 0 Å². The maximum atomic E-state index is 13.1. The van der Waals surface area contributed by atoms with Crippen molar-refractivity contribution in [1.82, 2.24) is 5.32 Å². The summed E-state index contributed by atoms with van der Waals surface area (Å²) in [5.74, 6) is -2.79. The summed E-state index contributed by atoms with van der Waals surface area (Å²) in [5.41, 5.74) is 0.669. The van der Waals surface area contributed by atoms with Gasteiger partial charge in [0.2, 0.25) is 5.91 Å². The zero-order valence-corrected chi connectivity index (χ0v) is 21.0. The van der Waals surface area contributed by atoms with Gasteiger partial charge in [-0.3, -0.25) is 4.79 Å². The average Bonchev–Trinajstić information content (AvgIpc) is 2.96. The van der Waals surface area contributed by atoms with Crippen LogP contribution in [0.15, 0.2) is 91.0 Å². The largest absolute Gasteiger partial charge is 0.459 e. The fourth-order valence-corrected chi connectivity index (χ4v) is 4.07. The predicted molar refractivity (Wildman–Crippen MR) is 136 cm³/mol. The second-order valence-corrected chi connectivity index (χ2v) is 8.73. The third-order valence-corrected chi connectivity index (χ3v) is 5.93. The van der Waals surface area contributed by atoms with Crippen LogP contribution in [0, 0.1) is 0 Å².